The first-order chi connectivity index (χ1) is 8.74. The molecule has 0 radical (unpaired) electrons. The standard InChI is InChI=1S/C15H18.C3H6/c1-4-10-13(5-2)15(6-3)14-11-8-7-9-12-14;1-3-2/h4-5,7-12,15H,1-2,6H2,3H3;3H,1H2,2H3/b13-10+;. The molecular weight excluding hydrogens is 216 g/mol. The summed E-state index contributed by atoms with van der Waals surface area (Å²) in [5.74, 6) is 0.432. The van der Waals surface area contributed by atoms with Crippen molar-refractivity contribution in [3.63, 3.8) is 0 Å². The molecule has 0 saturated heterocycles. The molecule has 1 aromatic rings. The summed E-state index contributed by atoms with van der Waals surface area (Å²) in [5.41, 5.74) is 2.58. The number of allylic oxidation sites excluding steroid dienone is 5. The molecule has 1 rings (SSSR count). The lowest BCUT2D eigenvalue weighted by Gasteiger charge is -2.16. The van der Waals surface area contributed by atoms with Gasteiger partial charge in [0.05, 0.1) is 0 Å². The van der Waals surface area contributed by atoms with Gasteiger partial charge in [-0.05, 0) is 24.5 Å². The largest absolute Gasteiger partial charge is 0.103 e. The molecule has 0 aliphatic carbocycles. The van der Waals surface area contributed by atoms with Crippen molar-refractivity contribution in [1.29, 1.82) is 0 Å². The zero-order valence-electron chi connectivity index (χ0n) is 11.6. The molecule has 0 heterocycles. The Labute approximate surface area is 112 Å². The number of hydrogen-bond donors (Lipinski definition) is 0. The van der Waals surface area contributed by atoms with E-state index in [2.05, 4.69) is 50.9 Å². The summed E-state index contributed by atoms with van der Waals surface area (Å²) in [6, 6.07) is 10.5. The van der Waals surface area contributed by atoms with Gasteiger partial charge in [0.15, 0.2) is 0 Å². The van der Waals surface area contributed by atoms with Crippen LogP contribution in [0.4, 0.5) is 0 Å². The Morgan fingerprint density at radius 3 is 2.11 bits per heavy atom. The van der Waals surface area contributed by atoms with Gasteiger partial charge in [0.2, 0.25) is 0 Å². The second kappa shape index (κ2) is 10.3. The van der Waals surface area contributed by atoms with Crippen molar-refractivity contribution in [3.8, 4) is 0 Å². The number of hydrogen-bond acceptors (Lipinski definition) is 0. The van der Waals surface area contributed by atoms with Crippen LogP contribution in [0.15, 0.2) is 79.9 Å². The van der Waals surface area contributed by atoms with Crippen molar-refractivity contribution in [2.45, 2.75) is 26.2 Å². The van der Waals surface area contributed by atoms with E-state index < -0.39 is 0 Å². The molecule has 1 atom stereocenters. The molecular formula is C18H24. The van der Waals surface area contributed by atoms with Gasteiger partial charge in [-0.3, -0.25) is 0 Å². The molecule has 0 spiro atoms. The summed E-state index contributed by atoms with van der Waals surface area (Å²) in [6.07, 6.45) is 8.61. The Morgan fingerprint density at radius 2 is 1.72 bits per heavy atom. The van der Waals surface area contributed by atoms with E-state index in [0.29, 0.717) is 5.92 Å². The van der Waals surface area contributed by atoms with Crippen LogP contribution in [0.2, 0.25) is 0 Å². The van der Waals surface area contributed by atoms with Gasteiger partial charge in [0.1, 0.15) is 0 Å². The van der Waals surface area contributed by atoms with E-state index in [1.165, 1.54) is 11.1 Å². The third kappa shape index (κ3) is 5.49. The molecule has 0 amide bonds. The van der Waals surface area contributed by atoms with Gasteiger partial charge in [-0.15, -0.1) is 6.58 Å². The lowest BCUT2D eigenvalue weighted by molar-refractivity contribution is 0.777. The Balaban J connectivity index is 0.000000873. The van der Waals surface area contributed by atoms with Crippen molar-refractivity contribution < 1.29 is 0 Å². The van der Waals surface area contributed by atoms with Gasteiger partial charge < -0.3 is 0 Å². The summed E-state index contributed by atoms with van der Waals surface area (Å²) in [5, 5.41) is 0. The number of benzene rings is 1. The average molecular weight is 240 g/mol. The van der Waals surface area contributed by atoms with E-state index in [1.54, 1.807) is 6.08 Å². The molecule has 0 N–H and O–H groups in total. The SMILES string of the molecule is C=C/C=C(\C=C)C(CC)c1ccccc1.C=CC. The monoisotopic (exact) mass is 240 g/mol. The fourth-order valence-corrected chi connectivity index (χ4v) is 1.81. The Bertz CT molecular complexity index is 382. The maximum atomic E-state index is 3.86. The summed E-state index contributed by atoms with van der Waals surface area (Å²) < 4.78 is 0. The van der Waals surface area contributed by atoms with Crippen LogP contribution in [0.1, 0.15) is 31.7 Å². The fraction of sp³-hybridized carbons (Fsp3) is 0.222. The second-order valence-corrected chi connectivity index (χ2v) is 3.89. The van der Waals surface area contributed by atoms with E-state index in [1.807, 2.05) is 31.2 Å². The van der Waals surface area contributed by atoms with Crippen LogP contribution < -0.4 is 0 Å². The summed E-state index contributed by atoms with van der Waals surface area (Å²) in [7, 11) is 0. The Morgan fingerprint density at radius 1 is 1.17 bits per heavy atom. The zero-order chi connectivity index (χ0) is 13.8. The highest BCUT2D eigenvalue weighted by Gasteiger charge is 2.10. The van der Waals surface area contributed by atoms with Crippen molar-refractivity contribution in [2.75, 3.05) is 0 Å². The van der Waals surface area contributed by atoms with E-state index in [-0.39, 0.29) is 0 Å². The molecule has 0 aliphatic rings. The van der Waals surface area contributed by atoms with Crippen LogP contribution in [-0.2, 0) is 0 Å². The molecule has 0 bridgehead atoms. The molecule has 96 valence electrons. The Kier molecular flexibility index (Phi) is 9.30. The maximum absolute atomic E-state index is 3.86. The average Bonchev–Trinajstić information content (AvgIpc) is 2.40. The first-order valence-corrected chi connectivity index (χ1v) is 6.32. The molecule has 0 saturated carbocycles. The molecule has 0 aliphatic heterocycles. The first-order valence-electron chi connectivity index (χ1n) is 6.32. The second-order valence-electron chi connectivity index (χ2n) is 3.89. The predicted octanol–water partition coefficient (Wildman–Crippen LogP) is 5.67. The van der Waals surface area contributed by atoms with E-state index in [0.717, 1.165) is 6.42 Å². The van der Waals surface area contributed by atoms with Crippen LogP contribution in [0.5, 0.6) is 0 Å². The van der Waals surface area contributed by atoms with Crippen LogP contribution in [-0.4, -0.2) is 0 Å². The lowest BCUT2D eigenvalue weighted by atomic mass is 9.88. The molecule has 0 heteroatoms. The van der Waals surface area contributed by atoms with Crippen LogP contribution >= 0.6 is 0 Å². The molecule has 1 aromatic carbocycles. The van der Waals surface area contributed by atoms with Crippen molar-refractivity contribution in [2.24, 2.45) is 0 Å². The summed E-state index contributed by atoms with van der Waals surface area (Å²) >= 11 is 0. The quantitative estimate of drug-likeness (QED) is 0.459. The zero-order valence-corrected chi connectivity index (χ0v) is 11.6. The third-order valence-electron chi connectivity index (χ3n) is 2.56. The van der Waals surface area contributed by atoms with Crippen molar-refractivity contribution in [3.05, 3.63) is 85.5 Å². The van der Waals surface area contributed by atoms with Gasteiger partial charge in [0, 0.05) is 5.92 Å². The molecule has 0 aromatic heterocycles. The minimum Gasteiger partial charge on any atom is -0.103 e. The third-order valence-corrected chi connectivity index (χ3v) is 2.56. The van der Waals surface area contributed by atoms with E-state index >= 15 is 0 Å². The van der Waals surface area contributed by atoms with Gasteiger partial charge >= 0.3 is 0 Å². The predicted molar refractivity (Wildman–Crippen MR) is 83.8 cm³/mol. The molecule has 1 unspecified atom stereocenters. The first kappa shape index (κ1) is 16.2. The minimum atomic E-state index is 0.432. The topological polar surface area (TPSA) is 0 Å². The maximum Gasteiger partial charge on any atom is 0.00865 e. The molecule has 18 heavy (non-hydrogen) atoms. The van der Waals surface area contributed by atoms with Crippen molar-refractivity contribution >= 4 is 0 Å². The highest BCUT2D eigenvalue weighted by Crippen LogP contribution is 2.28. The summed E-state index contributed by atoms with van der Waals surface area (Å²) in [6.45, 7) is 15.0. The molecule has 0 fully saturated rings. The highest BCUT2D eigenvalue weighted by molar-refractivity contribution is 5.35. The van der Waals surface area contributed by atoms with Crippen LogP contribution in [0.3, 0.4) is 0 Å². The summed E-state index contributed by atoms with van der Waals surface area (Å²) in [4.78, 5) is 0. The van der Waals surface area contributed by atoms with Crippen LogP contribution in [0.25, 0.3) is 0 Å². The normalized spacial score (nSPS) is 11.8. The van der Waals surface area contributed by atoms with E-state index in [4.69, 9.17) is 0 Å². The highest BCUT2D eigenvalue weighted by atomic mass is 14.1. The van der Waals surface area contributed by atoms with Gasteiger partial charge in [-0.1, -0.05) is 74.7 Å². The lowest BCUT2D eigenvalue weighted by Crippen LogP contribution is -1.99. The number of rotatable bonds is 5. The fourth-order valence-electron chi connectivity index (χ4n) is 1.81. The molecule has 0 nitrogen and oxygen atoms in total. The van der Waals surface area contributed by atoms with Crippen LogP contribution in [0, 0.1) is 0 Å². The van der Waals surface area contributed by atoms with Gasteiger partial charge in [-0.2, -0.15) is 0 Å². The van der Waals surface area contributed by atoms with Gasteiger partial charge in [-0.25, -0.2) is 0 Å². The Hall–Kier alpha value is -1.82. The van der Waals surface area contributed by atoms with Crippen molar-refractivity contribution in [1.82, 2.24) is 0 Å². The van der Waals surface area contributed by atoms with Gasteiger partial charge in [0.25, 0.3) is 0 Å². The smallest absolute Gasteiger partial charge is 0.00865 e. The van der Waals surface area contributed by atoms with E-state index in [9.17, 15) is 0 Å². The minimum absolute atomic E-state index is 0.432.